The fourth-order valence-electron chi connectivity index (χ4n) is 1.78. The number of rotatable bonds is 3. The van der Waals surface area contributed by atoms with Crippen LogP contribution in [0, 0.1) is 17.0 Å². The molecule has 1 N–H and O–H groups in total. The molecule has 0 saturated heterocycles. The van der Waals surface area contributed by atoms with Gasteiger partial charge < -0.3 is 5.32 Å². The number of nitrogens with zero attached hydrogens (tertiary/aromatic N) is 2. The van der Waals surface area contributed by atoms with E-state index in [-0.39, 0.29) is 5.69 Å². The van der Waals surface area contributed by atoms with Crippen molar-refractivity contribution in [1.29, 1.82) is 0 Å². The van der Waals surface area contributed by atoms with Crippen molar-refractivity contribution in [3.8, 4) is 11.3 Å². The van der Waals surface area contributed by atoms with Crippen LogP contribution in [0.2, 0.25) is 0 Å². The van der Waals surface area contributed by atoms with Gasteiger partial charge in [-0.05, 0) is 18.6 Å². The summed E-state index contributed by atoms with van der Waals surface area (Å²) < 4.78 is 0. The summed E-state index contributed by atoms with van der Waals surface area (Å²) in [5, 5.41) is 13.9. The maximum atomic E-state index is 11.1. The number of anilines is 1. The molecule has 0 fully saturated rings. The summed E-state index contributed by atoms with van der Waals surface area (Å²) in [5.74, 6) is 0.610. The molecule has 92 valence electrons. The minimum absolute atomic E-state index is 0.0169. The van der Waals surface area contributed by atoms with E-state index in [0.717, 1.165) is 11.1 Å². The van der Waals surface area contributed by atoms with Crippen LogP contribution in [0.25, 0.3) is 11.3 Å². The van der Waals surface area contributed by atoms with Gasteiger partial charge in [0.1, 0.15) is 5.82 Å². The summed E-state index contributed by atoms with van der Waals surface area (Å²) in [6, 6.07) is 10.6. The van der Waals surface area contributed by atoms with Gasteiger partial charge >= 0.3 is 0 Å². The van der Waals surface area contributed by atoms with E-state index >= 15 is 0 Å². The summed E-state index contributed by atoms with van der Waals surface area (Å²) in [5.41, 5.74) is 2.15. The fourth-order valence-corrected chi connectivity index (χ4v) is 1.78. The number of pyridine rings is 1. The Bertz CT molecular complexity index is 597. The van der Waals surface area contributed by atoms with Gasteiger partial charge in [-0.1, -0.05) is 24.3 Å². The number of hydrogen-bond donors (Lipinski definition) is 1. The highest BCUT2D eigenvalue weighted by Crippen LogP contribution is 2.31. The van der Waals surface area contributed by atoms with Crippen LogP contribution < -0.4 is 5.32 Å². The zero-order valence-electron chi connectivity index (χ0n) is 10.2. The van der Waals surface area contributed by atoms with Crippen LogP contribution in [-0.2, 0) is 0 Å². The van der Waals surface area contributed by atoms with Gasteiger partial charge in [0, 0.05) is 18.7 Å². The van der Waals surface area contributed by atoms with E-state index in [1.54, 1.807) is 13.1 Å². The van der Waals surface area contributed by atoms with Gasteiger partial charge in [-0.25, -0.2) is 4.98 Å². The number of nitro groups is 1. The maximum absolute atomic E-state index is 11.1. The molecule has 0 saturated carbocycles. The van der Waals surface area contributed by atoms with Crippen molar-refractivity contribution in [2.45, 2.75) is 6.92 Å². The van der Waals surface area contributed by atoms with Gasteiger partial charge in [-0.2, -0.15) is 0 Å². The number of benzene rings is 1. The molecule has 5 heteroatoms. The second-order valence-corrected chi connectivity index (χ2v) is 3.89. The Balaban J connectivity index is 2.68. The molecule has 0 aliphatic rings. The zero-order valence-corrected chi connectivity index (χ0v) is 10.2. The highest BCUT2D eigenvalue weighted by Gasteiger charge is 2.18. The van der Waals surface area contributed by atoms with Crippen LogP contribution in [0.5, 0.6) is 0 Å². The number of nitrogens with one attached hydrogen (secondary N) is 1. The van der Waals surface area contributed by atoms with Gasteiger partial charge in [-0.3, -0.25) is 10.1 Å². The summed E-state index contributed by atoms with van der Waals surface area (Å²) in [6.07, 6.45) is 0. The molecular formula is C13H13N3O2. The average Bonchev–Trinajstić information content (AvgIpc) is 2.38. The van der Waals surface area contributed by atoms with Crippen molar-refractivity contribution in [1.82, 2.24) is 4.98 Å². The van der Waals surface area contributed by atoms with E-state index in [1.807, 2.05) is 31.2 Å². The first-order chi connectivity index (χ1) is 8.63. The molecule has 2 aromatic rings. The smallest absolute Gasteiger partial charge is 0.295 e. The SMILES string of the molecule is CNc1ccc([N+](=O)[O-])c(-c2ccccc2C)n1. The van der Waals surface area contributed by atoms with E-state index < -0.39 is 4.92 Å². The van der Waals surface area contributed by atoms with Crippen molar-refractivity contribution in [2.75, 3.05) is 12.4 Å². The van der Waals surface area contributed by atoms with Crippen LogP contribution in [-0.4, -0.2) is 17.0 Å². The summed E-state index contributed by atoms with van der Waals surface area (Å²) >= 11 is 0. The van der Waals surface area contributed by atoms with Crippen LogP contribution in [0.1, 0.15) is 5.56 Å². The molecule has 0 amide bonds. The van der Waals surface area contributed by atoms with E-state index in [1.165, 1.54) is 6.07 Å². The molecule has 1 heterocycles. The molecule has 2 rings (SSSR count). The number of aryl methyl sites for hydroxylation is 1. The topological polar surface area (TPSA) is 68.1 Å². The van der Waals surface area contributed by atoms with E-state index in [2.05, 4.69) is 10.3 Å². The molecule has 0 bridgehead atoms. The molecule has 0 radical (unpaired) electrons. The molecule has 18 heavy (non-hydrogen) atoms. The first kappa shape index (κ1) is 12.0. The van der Waals surface area contributed by atoms with Crippen molar-refractivity contribution in [3.63, 3.8) is 0 Å². The Kier molecular flexibility index (Phi) is 3.23. The monoisotopic (exact) mass is 243 g/mol. The molecule has 0 aliphatic carbocycles. The average molecular weight is 243 g/mol. The Hall–Kier alpha value is -2.43. The van der Waals surface area contributed by atoms with Gasteiger partial charge in [0.05, 0.1) is 4.92 Å². The third-order valence-electron chi connectivity index (χ3n) is 2.73. The summed E-state index contributed by atoms with van der Waals surface area (Å²) in [7, 11) is 1.73. The molecule has 0 unspecified atom stereocenters. The second kappa shape index (κ2) is 4.83. The summed E-state index contributed by atoms with van der Waals surface area (Å²) in [4.78, 5) is 14.9. The van der Waals surface area contributed by atoms with Gasteiger partial charge in [-0.15, -0.1) is 0 Å². The van der Waals surface area contributed by atoms with E-state index in [4.69, 9.17) is 0 Å². The lowest BCUT2D eigenvalue weighted by Crippen LogP contribution is -1.99. The predicted molar refractivity (Wildman–Crippen MR) is 70.6 cm³/mol. The minimum Gasteiger partial charge on any atom is -0.373 e. The van der Waals surface area contributed by atoms with Crippen LogP contribution in [0.15, 0.2) is 36.4 Å². The van der Waals surface area contributed by atoms with Gasteiger partial charge in [0.15, 0.2) is 5.69 Å². The minimum atomic E-state index is -0.409. The van der Waals surface area contributed by atoms with Gasteiger partial charge in [0.2, 0.25) is 0 Å². The fraction of sp³-hybridized carbons (Fsp3) is 0.154. The zero-order chi connectivity index (χ0) is 13.1. The molecule has 0 aliphatic heterocycles. The van der Waals surface area contributed by atoms with Crippen LogP contribution in [0.4, 0.5) is 11.5 Å². The Morgan fingerprint density at radius 2 is 1.94 bits per heavy atom. The third kappa shape index (κ3) is 2.15. The van der Waals surface area contributed by atoms with Gasteiger partial charge in [0.25, 0.3) is 5.69 Å². The first-order valence-electron chi connectivity index (χ1n) is 5.52. The molecular weight excluding hydrogens is 230 g/mol. The van der Waals surface area contributed by atoms with E-state index in [0.29, 0.717) is 11.5 Å². The Labute approximate surface area is 105 Å². The Morgan fingerprint density at radius 1 is 1.22 bits per heavy atom. The normalized spacial score (nSPS) is 10.1. The first-order valence-corrected chi connectivity index (χ1v) is 5.52. The third-order valence-corrected chi connectivity index (χ3v) is 2.73. The number of hydrogen-bond acceptors (Lipinski definition) is 4. The molecule has 1 aromatic carbocycles. The lowest BCUT2D eigenvalue weighted by atomic mass is 10.0. The highest BCUT2D eigenvalue weighted by molar-refractivity contribution is 5.73. The lowest BCUT2D eigenvalue weighted by Gasteiger charge is -2.07. The largest absolute Gasteiger partial charge is 0.373 e. The van der Waals surface area contributed by atoms with Crippen molar-refractivity contribution in [3.05, 3.63) is 52.1 Å². The lowest BCUT2D eigenvalue weighted by molar-refractivity contribution is -0.384. The highest BCUT2D eigenvalue weighted by atomic mass is 16.6. The number of aromatic nitrogens is 1. The predicted octanol–water partition coefficient (Wildman–Crippen LogP) is 3.01. The molecule has 0 spiro atoms. The van der Waals surface area contributed by atoms with Crippen molar-refractivity contribution >= 4 is 11.5 Å². The van der Waals surface area contributed by atoms with Crippen molar-refractivity contribution in [2.24, 2.45) is 0 Å². The van der Waals surface area contributed by atoms with Crippen molar-refractivity contribution < 1.29 is 4.92 Å². The Morgan fingerprint density at radius 3 is 2.56 bits per heavy atom. The quantitative estimate of drug-likeness (QED) is 0.664. The maximum Gasteiger partial charge on any atom is 0.295 e. The standard InChI is InChI=1S/C13H13N3O2/c1-9-5-3-4-6-10(9)13-11(16(17)18)7-8-12(14-2)15-13/h3-8H,1-2H3,(H,14,15). The molecule has 0 atom stereocenters. The van der Waals surface area contributed by atoms with Crippen LogP contribution >= 0.6 is 0 Å². The second-order valence-electron chi connectivity index (χ2n) is 3.89. The van der Waals surface area contributed by atoms with Crippen LogP contribution in [0.3, 0.4) is 0 Å². The molecule has 1 aromatic heterocycles. The van der Waals surface area contributed by atoms with E-state index in [9.17, 15) is 10.1 Å². The molecule has 5 nitrogen and oxygen atoms in total. The summed E-state index contributed by atoms with van der Waals surface area (Å²) in [6.45, 7) is 1.91.